The summed E-state index contributed by atoms with van der Waals surface area (Å²) in [5.41, 5.74) is 7.10. The predicted molar refractivity (Wildman–Crippen MR) is 87.3 cm³/mol. The molecule has 1 fully saturated rings. The van der Waals surface area contributed by atoms with Crippen LogP contribution in [0.1, 0.15) is 24.0 Å². The average molecular weight is 356 g/mol. The van der Waals surface area contributed by atoms with Gasteiger partial charge in [-0.25, -0.2) is 0 Å². The molecule has 1 aromatic rings. The van der Waals surface area contributed by atoms with Crippen molar-refractivity contribution in [1.82, 2.24) is 0 Å². The molecule has 0 radical (unpaired) electrons. The molecule has 1 aliphatic heterocycles. The molecule has 1 aliphatic rings. The van der Waals surface area contributed by atoms with Crippen LogP contribution in [0.3, 0.4) is 0 Å². The molecule has 0 aromatic heterocycles. The number of nitriles is 1. The van der Waals surface area contributed by atoms with Crippen LogP contribution < -0.4 is 5.73 Å². The van der Waals surface area contributed by atoms with Gasteiger partial charge < -0.3 is 10.5 Å². The molecule has 0 bridgehead atoms. The summed E-state index contributed by atoms with van der Waals surface area (Å²) in [4.78, 5) is 0. The maximum Gasteiger partial charge on any atom is 0.151 e. The second-order valence-corrected chi connectivity index (χ2v) is 5.63. The number of benzene rings is 1. The number of hydrogen-bond acceptors (Lipinski definition) is 4. The number of nitrogens with one attached hydrogen (secondary N) is 1. The summed E-state index contributed by atoms with van der Waals surface area (Å²) >= 11 is 1.29. The summed E-state index contributed by atoms with van der Waals surface area (Å²) in [7, 11) is 0. The van der Waals surface area contributed by atoms with Crippen LogP contribution >= 0.6 is 28.7 Å². The van der Waals surface area contributed by atoms with E-state index in [1.165, 1.54) is 11.8 Å². The van der Waals surface area contributed by atoms with Gasteiger partial charge in [0.25, 0.3) is 0 Å². The van der Waals surface area contributed by atoms with Crippen LogP contribution in [-0.2, 0) is 15.9 Å². The van der Waals surface area contributed by atoms with Crippen LogP contribution in [0, 0.1) is 16.7 Å². The molecule has 1 aromatic carbocycles. The number of halogens is 1. The third kappa shape index (κ3) is 3.75. The standard InChI is InChI=1S/C14H17N3OS.BrH/c15-10-14(5-7-18-8-6-14)12-4-2-1-3-11(12)9-19-13(16)17;/h1-4H,5-9H2,(H3,16,17);1H. The second kappa shape index (κ2) is 7.67. The van der Waals surface area contributed by atoms with Gasteiger partial charge in [0.2, 0.25) is 0 Å². The molecule has 2 rings (SSSR count). The molecule has 1 heterocycles. The van der Waals surface area contributed by atoms with Crippen molar-refractivity contribution >= 4 is 33.9 Å². The van der Waals surface area contributed by atoms with Crippen LogP contribution in [0.15, 0.2) is 24.3 Å². The van der Waals surface area contributed by atoms with E-state index in [1.54, 1.807) is 0 Å². The van der Waals surface area contributed by atoms with Gasteiger partial charge in [0.1, 0.15) is 0 Å². The first-order chi connectivity index (χ1) is 9.18. The van der Waals surface area contributed by atoms with E-state index in [9.17, 15) is 5.26 Å². The smallest absolute Gasteiger partial charge is 0.151 e. The third-order valence-corrected chi connectivity index (χ3v) is 4.24. The monoisotopic (exact) mass is 355 g/mol. The van der Waals surface area contributed by atoms with Gasteiger partial charge in [-0.3, -0.25) is 5.41 Å². The lowest BCUT2D eigenvalue weighted by Gasteiger charge is -2.32. The van der Waals surface area contributed by atoms with Crippen LogP contribution in [0.2, 0.25) is 0 Å². The van der Waals surface area contributed by atoms with Crippen molar-refractivity contribution < 1.29 is 4.74 Å². The van der Waals surface area contributed by atoms with Gasteiger partial charge in [0, 0.05) is 19.0 Å². The van der Waals surface area contributed by atoms with Crippen molar-refractivity contribution in [2.75, 3.05) is 13.2 Å². The highest BCUT2D eigenvalue weighted by Crippen LogP contribution is 2.37. The highest BCUT2D eigenvalue weighted by atomic mass is 79.9. The molecule has 108 valence electrons. The van der Waals surface area contributed by atoms with Gasteiger partial charge >= 0.3 is 0 Å². The SMILES string of the molecule is Br.N#CC1(c2ccccc2CSC(=N)N)CCOCC1. The molecule has 3 N–H and O–H groups in total. The Balaban J connectivity index is 0.00000200. The Kier molecular flexibility index (Phi) is 6.53. The summed E-state index contributed by atoms with van der Waals surface area (Å²) in [5, 5.41) is 17.0. The summed E-state index contributed by atoms with van der Waals surface area (Å²) in [5.74, 6) is 0.635. The minimum Gasteiger partial charge on any atom is -0.381 e. The third-order valence-electron chi connectivity index (χ3n) is 3.48. The van der Waals surface area contributed by atoms with E-state index >= 15 is 0 Å². The minimum atomic E-state index is -0.452. The Labute approximate surface area is 134 Å². The van der Waals surface area contributed by atoms with E-state index in [0.29, 0.717) is 19.0 Å². The maximum atomic E-state index is 9.62. The first-order valence-corrected chi connectivity index (χ1v) is 7.21. The molecule has 0 unspecified atom stereocenters. The van der Waals surface area contributed by atoms with E-state index in [4.69, 9.17) is 15.9 Å². The number of nitrogens with two attached hydrogens (primary N) is 1. The number of nitrogens with zero attached hydrogens (tertiary/aromatic N) is 1. The Bertz CT molecular complexity index is 509. The van der Waals surface area contributed by atoms with Crippen LogP contribution in [0.25, 0.3) is 0 Å². The molecule has 1 saturated heterocycles. The molecule has 0 atom stereocenters. The van der Waals surface area contributed by atoms with E-state index in [2.05, 4.69) is 6.07 Å². The van der Waals surface area contributed by atoms with Crippen molar-refractivity contribution in [1.29, 1.82) is 10.7 Å². The first-order valence-electron chi connectivity index (χ1n) is 6.22. The number of thioether (sulfide) groups is 1. The number of hydrogen-bond donors (Lipinski definition) is 2. The Morgan fingerprint density at radius 1 is 1.40 bits per heavy atom. The van der Waals surface area contributed by atoms with E-state index in [1.807, 2.05) is 24.3 Å². The molecular formula is C14H18BrN3OS. The lowest BCUT2D eigenvalue weighted by Crippen LogP contribution is -2.33. The van der Waals surface area contributed by atoms with E-state index < -0.39 is 5.41 Å². The summed E-state index contributed by atoms with van der Waals surface area (Å²) in [6.07, 6.45) is 1.45. The lowest BCUT2D eigenvalue weighted by atomic mass is 9.74. The number of ether oxygens (including phenoxy) is 1. The zero-order valence-corrected chi connectivity index (χ0v) is 13.6. The van der Waals surface area contributed by atoms with Crippen LogP contribution in [-0.4, -0.2) is 18.4 Å². The Morgan fingerprint density at radius 3 is 2.65 bits per heavy atom. The minimum absolute atomic E-state index is 0. The molecule has 20 heavy (non-hydrogen) atoms. The zero-order chi connectivity index (χ0) is 13.7. The highest BCUT2D eigenvalue weighted by molar-refractivity contribution is 8.93. The molecule has 0 aliphatic carbocycles. The van der Waals surface area contributed by atoms with Crippen LogP contribution in [0.5, 0.6) is 0 Å². The molecule has 0 saturated carbocycles. The number of amidine groups is 1. The maximum absolute atomic E-state index is 9.62. The quantitative estimate of drug-likeness (QED) is 0.644. The van der Waals surface area contributed by atoms with Gasteiger partial charge in [-0.15, -0.1) is 17.0 Å². The normalized spacial score (nSPS) is 16.8. The van der Waals surface area contributed by atoms with Gasteiger partial charge in [-0.2, -0.15) is 5.26 Å². The molecule has 6 heteroatoms. The fraction of sp³-hybridized carbons (Fsp3) is 0.429. The lowest BCUT2D eigenvalue weighted by molar-refractivity contribution is 0.0673. The Morgan fingerprint density at radius 2 is 2.05 bits per heavy atom. The van der Waals surface area contributed by atoms with Gasteiger partial charge in [0.15, 0.2) is 5.17 Å². The fourth-order valence-corrected chi connectivity index (χ4v) is 2.99. The van der Waals surface area contributed by atoms with Gasteiger partial charge in [-0.05, 0) is 24.0 Å². The van der Waals surface area contributed by atoms with Crippen LogP contribution in [0.4, 0.5) is 0 Å². The van der Waals surface area contributed by atoms with Crippen molar-refractivity contribution in [3.63, 3.8) is 0 Å². The summed E-state index contributed by atoms with van der Waals surface area (Å²) in [6.45, 7) is 1.25. The summed E-state index contributed by atoms with van der Waals surface area (Å²) < 4.78 is 5.38. The average Bonchev–Trinajstić information content (AvgIpc) is 2.46. The van der Waals surface area contributed by atoms with Crippen molar-refractivity contribution in [3.8, 4) is 6.07 Å². The zero-order valence-electron chi connectivity index (χ0n) is 11.1. The van der Waals surface area contributed by atoms with E-state index in [-0.39, 0.29) is 22.1 Å². The second-order valence-electron chi connectivity index (χ2n) is 4.62. The first kappa shape index (κ1) is 17.0. The highest BCUT2D eigenvalue weighted by Gasteiger charge is 2.36. The number of rotatable bonds is 3. The van der Waals surface area contributed by atoms with Crippen molar-refractivity contribution in [2.45, 2.75) is 24.0 Å². The van der Waals surface area contributed by atoms with Gasteiger partial charge in [0.05, 0.1) is 11.5 Å². The van der Waals surface area contributed by atoms with Crippen molar-refractivity contribution in [3.05, 3.63) is 35.4 Å². The van der Waals surface area contributed by atoms with Crippen molar-refractivity contribution in [2.24, 2.45) is 5.73 Å². The van der Waals surface area contributed by atoms with Gasteiger partial charge in [-0.1, -0.05) is 36.0 Å². The largest absolute Gasteiger partial charge is 0.381 e. The van der Waals surface area contributed by atoms with E-state index in [0.717, 1.165) is 24.0 Å². The topological polar surface area (TPSA) is 82.9 Å². The Hall–Kier alpha value is -1.03. The molecule has 0 spiro atoms. The fourth-order valence-electron chi connectivity index (χ4n) is 2.43. The summed E-state index contributed by atoms with van der Waals surface area (Å²) in [6, 6.07) is 10.4. The molecule has 4 nitrogen and oxygen atoms in total. The predicted octanol–water partition coefficient (Wildman–Crippen LogP) is 2.96. The molecule has 0 amide bonds. The molecular weight excluding hydrogens is 338 g/mol.